The molecule has 1 aliphatic heterocycles. The van der Waals surface area contributed by atoms with Gasteiger partial charge in [-0.15, -0.1) is 0 Å². The molecule has 34 heavy (non-hydrogen) atoms. The van der Waals surface area contributed by atoms with Gasteiger partial charge in [0.05, 0.1) is 10.6 Å². The van der Waals surface area contributed by atoms with Crippen LogP contribution in [0.5, 0.6) is 0 Å². The van der Waals surface area contributed by atoms with Gasteiger partial charge in [0.25, 0.3) is 5.56 Å². The first-order valence-electron chi connectivity index (χ1n) is 11.3. The number of benzene rings is 2. The molecule has 7 nitrogen and oxygen atoms in total. The first-order chi connectivity index (χ1) is 16.4. The molecule has 0 spiro atoms. The Morgan fingerprint density at radius 2 is 1.76 bits per heavy atom. The molecular weight excluding hydrogens is 475 g/mol. The summed E-state index contributed by atoms with van der Waals surface area (Å²) in [5.41, 5.74) is 3.44. The first-order valence-corrected chi connectivity index (χ1v) is 13.7. The Morgan fingerprint density at radius 1 is 1.03 bits per heavy atom. The summed E-state index contributed by atoms with van der Waals surface area (Å²) in [6.45, 7) is 2.17. The second-order valence-corrected chi connectivity index (χ2v) is 11.3. The smallest absolute Gasteiger partial charge is 0.254 e. The van der Waals surface area contributed by atoms with E-state index in [-0.39, 0.29) is 16.3 Å². The highest BCUT2D eigenvalue weighted by molar-refractivity contribution is 7.98. The molecule has 2 aliphatic rings. The van der Waals surface area contributed by atoms with Crippen molar-refractivity contribution in [3.8, 4) is 11.1 Å². The largest absolute Gasteiger partial charge is 0.314 e. The predicted molar refractivity (Wildman–Crippen MR) is 130 cm³/mol. The molecule has 0 amide bonds. The number of piperazine rings is 1. The highest BCUT2D eigenvalue weighted by Crippen LogP contribution is 2.28. The van der Waals surface area contributed by atoms with Gasteiger partial charge in [-0.2, -0.15) is 4.31 Å². The number of thioether (sulfide) groups is 1. The molecule has 3 aromatic rings. The molecule has 1 aliphatic carbocycles. The number of rotatable bonds is 6. The molecule has 2 aromatic carbocycles. The third-order valence-electron chi connectivity index (χ3n) is 6.24. The zero-order valence-corrected chi connectivity index (χ0v) is 20.1. The van der Waals surface area contributed by atoms with Crippen LogP contribution in [0.2, 0.25) is 0 Å². The Bertz CT molecular complexity index is 1370. The number of hydrogen-bond acceptors (Lipinski definition) is 6. The molecular formula is C24H25FN4O3S2. The summed E-state index contributed by atoms with van der Waals surface area (Å²) in [7, 11) is -3.53. The molecule has 2 heterocycles. The van der Waals surface area contributed by atoms with Crippen molar-refractivity contribution in [3.05, 3.63) is 75.5 Å². The van der Waals surface area contributed by atoms with Crippen LogP contribution in [0.25, 0.3) is 11.1 Å². The van der Waals surface area contributed by atoms with Crippen molar-refractivity contribution in [1.29, 1.82) is 0 Å². The normalized spacial score (nSPS) is 16.5. The zero-order chi connectivity index (χ0) is 23.7. The standard InChI is InChI=1S/C24H25FN4O3S2/c25-21-14-17(16-6-8-19(9-7-16)34(31,32)29-12-10-26-11-13-29)4-5-18(21)15-33-24-27-22-3-1-2-20(22)23(30)28-24/h4-9,14,26H,1-3,10-13,15H2,(H,27,28,30). The summed E-state index contributed by atoms with van der Waals surface area (Å²) in [4.78, 5) is 19.7. The second kappa shape index (κ2) is 9.61. The van der Waals surface area contributed by atoms with E-state index >= 15 is 0 Å². The highest BCUT2D eigenvalue weighted by Gasteiger charge is 2.25. The molecule has 2 N–H and O–H groups in total. The molecule has 178 valence electrons. The van der Waals surface area contributed by atoms with Crippen LogP contribution in [0.1, 0.15) is 23.2 Å². The summed E-state index contributed by atoms with van der Waals surface area (Å²) >= 11 is 1.31. The molecule has 1 aromatic heterocycles. The average molecular weight is 501 g/mol. The van der Waals surface area contributed by atoms with Crippen LogP contribution in [-0.4, -0.2) is 48.9 Å². The minimum atomic E-state index is -3.53. The Labute approximate surface area is 201 Å². The van der Waals surface area contributed by atoms with E-state index in [9.17, 15) is 17.6 Å². The predicted octanol–water partition coefficient (Wildman–Crippen LogP) is 2.95. The van der Waals surface area contributed by atoms with E-state index in [1.807, 2.05) is 6.07 Å². The van der Waals surface area contributed by atoms with E-state index in [0.29, 0.717) is 48.2 Å². The number of sulfonamides is 1. The van der Waals surface area contributed by atoms with Gasteiger partial charge in [-0.3, -0.25) is 4.79 Å². The Hall–Kier alpha value is -2.53. The Morgan fingerprint density at radius 3 is 2.50 bits per heavy atom. The molecule has 0 atom stereocenters. The average Bonchev–Trinajstić information content (AvgIpc) is 3.33. The van der Waals surface area contributed by atoms with E-state index in [0.717, 1.165) is 36.1 Å². The lowest BCUT2D eigenvalue weighted by Gasteiger charge is -2.26. The lowest BCUT2D eigenvalue weighted by molar-refractivity contribution is 0.360. The van der Waals surface area contributed by atoms with Crippen molar-refractivity contribution < 1.29 is 12.8 Å². The number of aryl methyl sites for hydroxylation is 1. The van der Waals surface area contributed by atoms with E-state index in [1.165, 1.54) is 22.1 Å². The van der Waals surface area contributed by atoms with Crippen LogP contribution in [0, 0.1) is 5.82 Å². The van der Waals surface area contributed by atoms with Crippen molar-refractivity contribution in [1.82, 2.24) is 19.6 Å². The van der Waals surface area contributed by atoms with Crippen molar-refractivity contribution in [3.63, 3.8) is 0 Å². The molecule has 10 heteroatoms. The van der Waals surface area contributed by atoms with Gasteiger partial charge in [0.2, 0.25) is 10.0 Å². The number of nitrogens with zero attached hydrogens (tertiary/aromatic N) is 2. The van der Waals surface area contributed by atoms with Gasteiger partial charge < -0.3 is 10.3 Å². The summed E-state index contributed by atoms with van der Waals surface area (Å²) < 4.78 is 41.9. The maximum absolute atomic E-state index is 14.8. The van der Waals surface area contributed by atoms with Gasteiger partial charge in [0.1, 0.15) is 5.82 Å². The lowest BCUT2D eigenvalue weighted by atomic mass is 10.0. The van der Waals surface area contributed by atoms with Crippen LogP contribution in [0.4, 0.5) is 4.39 Å². The monoisotopic (exact) mass is 500 g/mol. The van der Waals surface area contributed by atoms with Gasteiger partial charge in [-0.25, -0.2) is 17.8 Å². The number of aromatic amines is 1. The fourth-order valence-electron chi connectivity index (χ4n) is 4.33. The van der Waals surface area contributed by atoms with Crippen LogP contribution in [0.15, 0.2) is 57.3 Å². The highest BCUT2D eigenvalue weighted by atomic mass is 32.2. The molecule has 0 bridgehead atoms. The summed E-state index contributed by atoms with van der Waals surface area (Å²) in [6, 6.07) is 11.5. The zero-order valence-electron chi connectivity index (χ0n) is 18.5. The number of fused-ring (bicyclic) bond motifs is 1. The van der Waals surface area contributed by atoms with Crippen LogP contribution >= 0.6 is 11.8 Å². The van der Waals surface area contributed by atoms with Crippen LogP contribution in [0.3, 0.4) is 0 Å². The van der Waals surface area contributed by atoms with Gasteiger partial charge >= 0.3 is 0 Å². The first kappa shape index (κ1) is 23.2. The third-order valence-corrected chi connectivity index (χ3v) is 9.07. The third kappa shape index (κ3) is 4.68. The maximum atomic E-state index is 14.8. The number of H-pyrrole nitrogens is 1. The topological polar surface area (TPSA) is 95.2 Å². The van der Waals surface area contributed by atoms with Crippen molar-refractivity contribution in [2.45, 2.75) is 35.1 Å². The van der Waals surface area contributed by atoms with Gasteiger partial charge in [0, 0.05) is 37.5 Å². The number of halogens is 1. The van der Waals surface area contributed by atoms with Crippen molar-refractivity contribution >= 4 is 21.8 Å². The summed E-state index contributed by atoms with van der Waals surface area (Å²) in [5.74, 6) is -0.0126. The van der Waals surface area contributed by atoms with E-state index in [2.05, 4.69) is 15.3 Å². The van der Waals surface area contributed by atoms with Crippen molar-refractivity contribution in [2.75, 3.05) is 26.2 Å². The maximum Gasteiger partial charge on any atom is 0.254 e. The SMILES string of the molecule is O=c1[nH]c(SCc2ccc(-c3ccc(S(=O)(=O)N4CCNCC4)cc3)cc2F)nc2c1CCC2. The van der Waals surface area contributed by atoms with Crippen molar-refractivity contribution in [2.24, 2.45) is 0 Å². The van der Waals surface area contributed by atoms with Gasteiger partial charge in [-0.05, 0) is 54.2 Å². The molecule has 0 radical (unpaired) electrons. The van der Waals surface area contributed by atoms with Crippen LogP contribution < -0.4 is 10.9 Å². The molecule has 0 saturated carbocycles. The summed E-state index contributed by atoms with van der Waals surface area (Å²) in [6.07, 6.45) is 2.52. The molecule has 1 saturated heterocycles. The molecule has 0 unspecified atom stereocenters. The second-order valence-electron chi connectivity index (χ2n) is 8.42. The summed E-state index contributed by atoms with van der Waals surface area (Å²) in [5, 5.41) is 3.66. The quantitative estimate of drug-likeness (QED) is 0.399. The Kier molecular flexibility index (Phi) is 6.57. The number of nitrogens with one attached hydrogen (secondary N) is 2. The lowest BCUT2D eigenvalue weighted by Crippen LogP contribution is -2.46. The van der Waals surface area contributed by atoms with Gasteiger partial charge in [0.15, 0.2) is 5.16 Å². The minimum absolute atomic E-state index is 0.0942. The van der Waals surface area contributed by atoms with Crippen LogP contribution in [-0.2, 0) is 28.6 Å². The van der Waals surface area contributed by atoms with E-state index in [1.54, 1.807) is 30.3 Å². The van der Waals surface area contributed by atoms with E-state index < -0.39 is 10.0 Å². The van der Waals surface area contributed by atoms with Gasteiger partial charge in [-0.1, -0.05) is 36.0 Å². The molecule has 5 rings (SSSR count). The Balaban J connectivity index is 1.29. The number of hydrogen-bond donors (Lipinski definition) is 2. The minimum Gasteiger partial charge on any atom is -0.314 e. The van der Waals surface area contributed by atoms with E-state index in [4.69, 9.17) is 0 Å². The fourth-order valence-corrected chi connectivity index (χ4v) is 6.64. The number of aromatic nitrogens is 2. The molecule has 1 fully saturated rings. The fraction of sp³-hybridized carbons (Fsp3) is 0.333.